The van der Waals surface area contributed by atoms with E-state index in [4.69, 9.17) is 9.84 Å². The van der Waals surface area contributed by atoms with Gasteiger partial charge in [-0.25, -0.2) is 9.59 Å². The number of aliphatic carboxylic acids is 1. The first kappa shape index (κ1) is 14.5. The molecule has 0 spiro atoms. The smallest absolute Gasteiger partial charge is 0.360 e. The molecule has 0 aromatic carbocycles. The van der Waals surface area contributed by atoms with Crippen LogP contribution in [0.2, 0.25) is 0 Å². The molecule has 5 nitrogen and oxygen atoms in total. The molecule has 0 fully saturated rings. The van der Waals surface area contributed by atoms with Crippen molar-refractivity contribution in [3.05, 3.63) is 0 Å². The van der Waals surface area contributed by atoms with Crippen LogP contribution in [0.4, 0.5) is 0 Å². The van der Waals surface area contributed by atoms with E-state index in [1.165, 1.54) is 6.08 Å². The van der Waals surface area contributed by atoms with Crippen LogP contribution in [-0.2, 0) is 14.3 Å². The number of nitrogens with zero attached hydrogens (tertiary/aromatic N) is 1. The number of rotatable bonds is 5. The Kier molecular flexibility index (Phi) is 5.41. The quantitative estimate of drug-likeness (QED) is 0.361. The molecule has 0 aromatic heterocycles. The van der Waals surface area contributed by atoms with Crippen molar-refractivity contribution in [3.8, 4) is 0 Å². The Morgan fingerprint density at radius 1 is 1.53 bits per heavy atom. The molecule has 0 heterocycles. The van der Waals surface area contributed by atoms with Gasteiger partial charge < -0.3 is 9.84 Å². The van der Waals surface area contributed by atoms with Crippen LogP contribution in [-0.4, -0.2) is 32.9 Å². The number of halogens is 1. The Labute approximate surface area is 102 Å². The zero-order valence-electron chi connectivity index (χ0n) is 8.91. The monoisotopic (exact) mass is 327 g/mol. The lowest BCUT2D eigenvalue weighted by Crippen LogP contribution is -2.45. The molecule has 0 aliphatic heterocycles. The molecule has 0 bridgehead atoms. The van der Waals surface area contributed by atoms with Crippen LogP contribution in [0.15, 0.2) is 4.99 Å². The molecule has 0 rings (SSSR count). The van der Waals surface area contributed by atoms with Crippen molar-refractivity contribution in [3.63, 3.8) is 0 Å². The van der Waals surface area contributed by atoms with Gasteiger partial charge in [0, 0.05) is 10.8 Å². The molecule has 0 aromatic rings. The third-order valence-corrected chi connectivity index (χ3v) is 2.01. The highest BCUT2D eigenvalue weighted by atomic mass is 127. The molecule has 1 unspecified atom stereocenters. The normalized spacial score (nSPS) is 15.2. The number of hydrogen-bond donors (Lipinski definition) is 1. The summed E-state index contributed by atoms with van der Waals surface area (Å²) >= 11 is 2.00. The summed E-state index contributed by atoms with van der Waals surface area (Å²) < 4.78 is 5.85. The van der Waals surface area contributed by atoms with Gasteiger partial charge in [0.25, 0.3) is 5.72 Å². The topological polar surface area (TPSA) is 76.0 Å². The van der Waals surface area contributed by atoms with E-state index >= 15 is 0 Å². The average molecular weight is 327 g/mol. The van der Waals surface area contributed by atoms with Crippen LogP contribution < -0.4 is 0 Å². The van der Waals surface area contributed by atoms with E-state index in [0.717, 1.165) is 0 Å². The molecule has 0 amide bonds. The van der Waals surface area contributed by atoms with Crippen molar-refractivity contribution in [2.75, 3.05) is 4.43 Å². The average Bonchev–Trinajstić information content (AvgIpc) is 2.01. The lowest BCUT2D eigenvalue weighted by Gasteiger charge is -2.31. The van der Waals surface area contributed by atoms with Crippen LogP contribution in [0.1, 0.15) is 27.2 Å². The fourth-order valence-electron chi connectivity index (χ4n) is 1.04. The first-order valence-electron chi connectivity index (χ1n) is 4.36. The van der Waals surface area contributed by atoms with Crippen LogP contribution in [0.25, 0.3) is 0 Å². The van der Waals surface area contributed by atoms with E-state index in [9.17, 15) is 9.59 Å². The standard InChI is InChI=1S/C9H14INO4/c1-8(2,3)15-9(4-5-10,7(13)14)11-6-12/h4-5H2,1-3H3,(H,13,14). The van der Waals surface area contributed by atoms with Crippen LogP contribution in [0.5, 0.6) is 0 Å². The van der Waals surface area contributed by atoms with Crippen LogP contribution in [0.3, 0.4) is 0 Å². The third kappa shape index (κ3) is 4.72. The molecular formula is C9H14INO4. The van der Waals surface area contributed by atoms with Crippen molar-refractivity contribution >= 4 is 34.6 Å². The van der Waals surface area contributed by atoms with Crippen molar-refractivity contribution in [1.82, 2.24) is 0 Å². The minimum Gasteiger partial charge on any atom is -0.478 e. The maximum Gasteiger partial charge on any atom is 0.360 e. The molecule has 0 aliphatic carbocycles. The van der Waals surface area contributed by atoms with Gasteiger partial charge in [0.15, 0.2) is 0 Å². The summed E-state index contributed by atoms with van der Waals surface area (Å²) in [7, 11) is 0. The van der Waals surface area contributed by atoms with Gasteiger partial charge >= 0.3 is 5.97 Å². The highest BCUT2D eigenvalue weighted by Gasteiger charge is 2.42. The molecule has 1 atom stereocenters. The minimum atomic E-state index is -1.80. The number of ether oxygens (including phenoxy) is 1. The Hall–Kier alpha value is -0.460. The van der Waals surface area contributed by atoms with Gasteiger partial charge in [-0.05, 0) is 20.8 Å². The summed E-state index contributed by atoms with van der Waals surface area (Å²) in [4.78, 5) is 24.6. The molecule has 6 heteroatoms. The number of aliphatic imine (C=N–C) groups is 1. The molecule has 0 aliphatic rings. The Bertz CT molecular complexity index is 276. The van der Waals surface area contributed by atoms with Gasteiger partial charge in [0.05, 0.1) is 5.60 Å². The van der Waals surface area contributed by atoms with E-state index in [1.54, 1.807) is 20.8 Å². The zero-order chi connectivity index (χ0) is 12.1. The SMILES string of the molecule is CC(C)(C)OC(CCI)(N=C=O)C(=O)O. The number of hydrogen-bond acceptors (Lipinski definition) is 4. The Morgan fingerprint density at radius 2 is 2.07 bits per heavy atom. The zero-order valence-corrected chi connectivity index (χ0v) is 11.1. The van der Waals surface area contributed by atoms with Crippen molar-refractivity contribution in [2.45, 2.75) is 38.5 Å². The van der Waals surface area contributed by atoms with Gasteiger partial charge in [0.2, 0.25) is 6.08 Å². The second-order valence-corrected chi connectivity index (χ2v) is 5.02. The van der Waals surface area contributed by atoms with E-state index in [0.29, 0.717) is 4.43 Å². The lowest BCUT2D eigenvalue weighted by atomic mass is 10.1. The molecule has 0 radical (unpaired) electrons. The molecular weight excluding hydrogens is 313 g/mol. The predicted octanol–water partition coefficient (Wildman–Crippen LogP) is 1.74. The highest BCUT2D eigenvalue weighted by Crippen LogP contribution is 2.26. The number of carbonyl (C=O) groups is 1. The maximum absolute atomic E-state index is 11.1. The summed E-state index contributed by atoms with van der Waals surface area (Å²) in [5.74, 6) is -1.27. The van der Waals surface area contributed by atoms with Gasteiger partial charge in [-0.1, -0.05) is 22.6 Å². The van der Waals surface area contributed by atoms with Gasteiger partial charge in [-0.15, -0.1) is 0 Å². The Morgan fingerprint density at radius 3 is 2.33 bits per heavy atom. The molecule has 15 heavy (non-hydrogen) atoms. The largest absolute Gasteiger partial charge is 0.478 e. The van der Waals surface area contributed by atoms with Crippen LogP contribution >= 0.6 is 22.6 Å². The van der Waals surface area contributed by atoms with Gasteiger partial charge in [-0.2, -0.15) is 4.99 Å². The second-order valence-electron chi connectivity index (χ2n) is 3.95. The Balaban J connectivity index is 5.12. The van der Waals surface area contributed by atoms with Crippen molar-refractivity contribution in [1.29, 1.82) is 0 Å². The van der Waals surface area contributed by atoms with E-state index in [1.807, 2.05) is 22.6 Å². The fourth-order valence-corrected chi connectivity index (χ4v) is 1.77. The number of carbonyl (C=O) groups excluding carboxylic acids is 1. The minimum absolute atomic E-state index is 0.134. The molecule has 0 saturated carbocycles. The first-order chi connectivity index (χ1) is 6.77. The van der Waals surface area contributed by atoms with Gasteiger partial charge in [0.1, 0.15) is 0 Å². The molecule has 0 saturated heterocycles. The van der Waals surface area contributed by atoms with E-state index < -0.39 is 17.3 Å². The number of alkyl halides is 1. The number of isocyanates is 1. The first-order valence-corrected chi connectivity index (χ1v) is 5.88. The third-order valence-electron chi connectivity index (χ3n) is 1.47. The second kappa shape index (κ2) is 5.58. The predicted molar refractivity (Wildman–Crippen MR) is 62.8 cm³/mol. The number of carboxylic acid groups (broad SMARTS) is 1. The molecule has 1 N–H and O–H groups in total. The maximum atomic E-state index is 11.1. The number of carboxylic acids is 1. The van der Waals surface area contributed by atoms with Crippen molar-refractivity contribution in [2.24, 2.45) is 4.99 Å². The fraction of sp³-hybridized carbons (Fsp3) is 0.778. The summed E-state index contributed by atoms with van der Waals surface area (Å²) in [5, 5.41) is 9.05. The molecule has 86 valence electrons. The van der Waals surface area contributed by atoms with E-state index in [2.05, 4.69) is 4.99 Å². The van der Waals surface area contributed by atoms with Crippen molar-refractivity contribution < 1.29 is 19.4 Å². The summed E-state index contributed by atoms with van der Waals surface area (Å²) in [6, 6.07) is 0. The van der Waals surface area contributed by atoms with Crippen LogP contribution in [0, 0.1) is 0 Å². The lowest BCUT2D eigenvalue weighted by molar-refractivity contribution is -0.183. The van der Waals surface area contributed by atoms with Gasteiger partial charge in [-0.3, -0.25) is 0 Å². The summed E-state index contributed by atoms with van der Waals surface area (Å²) in [6.45, 7) is 5.12. The summed E-state index contributed by atoms with van der Waals surface area (Å²) in [6.07, 6.45) is 1.40. The summed E-state index contributed by atoms with van der Waals surface area (Å²) in [5.41, 5.74) is -2.49. The highest BCUT2D eigenvalue weighted by molar-refractivity contribution is 14.1. The van der Waals surface area contributed by atoms with E-state index in [-0.39, 0.29) is 6.42 Å².